The van der Waals surface area contributed by atoms with Crippen LogP contribution in [0.3, 0.4) is 0 Å². The zero-order valence-electron chi connectivity index (χ0n) is 13.9. The molecule has 0 bridgehead atoms. The summed E-state index contributed by atoms with van der Waals surface area (Å²) in [6.45, 7) is 1.75. The first kappa shape index (κ1) is 17.8. The average molecular weight is 372 g/mol. The number of aromatic nitrogens is 2. The molecule has 3 rings (SSSR count). The van der Waals surface area contributed by atoms with Gasteiger partial charge in [-0.15, -0.1) is 0 Å². The highest BCUT2D eigenvalue weighted by Crippen LogP contribution is 2.22. The minimum absolute atomic E-state index is 0.102. The Labute approximate surface area is 153 Å². The van der Waals surface area contributed by atoms with E-state index in [4.69, 9.17) is 4.74 Å². The van der Waals surface area contributed by atoms with Gasteiger partial charge < -0.3 is 19.7 Å². The van der Waals surface area contributed by atoms with Gasteiger partial charge in [-0.3, -0.25) is 9.59 Å². The maximum Gasteiger partial charge on any atom is 0.326 e. The van der Waals surface area contributed by atoms with Gasteiger partial charge in [-0.25, -0.2) is 4.98 Å². The van der Waals surface area contributed by atoms with E-state index in [-0.39, 0.29) is 23.2 Å². The van der Waals surface area contributed by atoms with Crippen molar-refractivity contribution in [2.45, 2.75) is 13.0 Å². The number of amides is 1. The second-order valence-electron chi connectivity index (χ2n) is 5.64. The number of esters is 1. The summed E-state index contributed by atoms with van der Waals surface area (Å²) in [5.74, 6) is -0.221. The van der Waals surface area contributed by atoms with Crippen LogP contribution in [0.4, 0.5) is 4.79 Å². The number of nitrogens with zero attached hydrogens (tertiary/aromatic N) is 3. The van der Waals surface area contributed by atoms with E-state index in [2.05, 4.69) is 9.97 Å². The number of H-pyrrole nitrogens is 1. The van der Waals surface area contributed by atoms with Crippen molar-refractivity contribution in [1.82, 2.24) is 14.9 Å². The monoisotopic (exact) mass is 372 g/mol. The van der Waals surface area contributed by atoms with Crippen LogP contribution in [-0.4, -0.2) is 56.1 Å². The summed E-state index contributed by atoms with van der Waals surface area (Å²) in [5.41, 5.74) is 1.27. The number of fused-ring (bicyclic) bond motifs is 1. The normalized spacial score (nSPS) is 16.3. The van der Waals surface area contributed by atoms with Gasteiger partial charge in [0.05, 0.1) is 11.0 Å². The van der Waals surface area contributed by atoms with Crippen molar-refractivity contribution in [2.24, 2.45) is 0 Å². The fourth-order valence-corrected chi connectivity index (χ4v) is 3.35. The summed E-state index contributed by atoms with van der Waals surface area (Å²) in [6, 6.07) is 9.09. The lowest BCUT2D eigenvalue weighted by Crippen LogP contribution is -2.33. The van der Waals surface area contributed by atoms with Gasteiger partial charge in [-0.05, 0) is 19.1 Å². The first-order chi connectivity index (χ1) is 12.5. The standard InChI is InChI=1S/C17H16N4O4S/c1-10(25-14(22)9-21-6-7-26-17(21)24)15(23)11(8-18)16-19-12-4-2-3-5-13(12)20-16/h2-5,10,23H,6-7,9H2,1H3,(H,19,20)/b15-11-/t10-/m0/s1. The predicted octanol–water partition coefficient (Wildman–Crippen LogP) is 2.46. The van der Waals surface area contributed by atoms with Crippen LogP contribution in [0.5, 0.6) is 0 Å². The van der Waals surface area contributed by atoms with E-state index in [9.17, 15) is 20.0 Å². The summed E-state index contributed by atoms with van der Waals surface area (Å²) >= 11 is 1.15. The fourth-order valence-electron chi connectivity index (χ4n) is 2.52. The molecule has 1 aromatic carbocycles. The predicted molar refractivity (Wildman–Crippen MR) is 96.2 cm³/mol. The molecule has 26 heavy (non-hydrogen) atoms. The van der Waals surface area contributed by atoms with Crippen LogP contribution in [0.15, 0.2) is 30.0 Å². The molecule has 1 atom stereocenters. The number of aliphatic hydroxyl groups is 1. The highest BCUT2D eigenvalue weighted by atomic mass is 32.2. The van der Waals surface area contributed by atoms with E-state index < -0.39 is 17.8 Å². The highest BCUT2D eigenvalue weighted by Gasteiger charge is 2.26. The van der Waals surface area contributed by atoms with Crippen molar-refractivity contribution in [3.63, 3.8) is 0 Å². The van der Waals surface area contributed by atoms with Crippen LogP contribution < -0.4 is 0 Å². The zero-order valence-corrected chi connectivity index (χ0v) is 14.7. The Bertz CT molecular complexity index is 897. The van der Waals surface area contributed by atoms with Crippen molar-refractivity contribution in [3.05, 3.63) is 35.8 Å². The first-order valence-corrected chi connectivity index (χ1v) is 8.87. The van der Waals surface area contributed by atoms with E-state index in [1.54, 1.807) is 12.1 Å². The second-order valence-corrected chi connectivity index (χ2v) is 6.69. The van der Waals surface area contributed by atoms with Crippen LogP contribution in [-0.2, 0) is 9.53 Å². The molecule has 0 saturated carbocycles. The molecule has 0 spiro atoms. The lowest BCUT2D eigenvalue weighted by atomic mass is 10.2. The fraction of sp³-hybridized carbons (Fsp3) is 0.294. The van der Waals surface area contributed by atoms with Gasteiger partial charge in [0.2, 0.25) is 0 Å². The molecule has 9 heteroatoms. The molecule has 1 saturated heterocycles. The highest BCUT2D eigenvalue weighted by molar-refractivity contribution is 8.13. The molecule has 2 aromatic rings. The number of para-hydroxylation sites is 2. The largest absolute Gasteiger partial charge is 0.507 e. The number of aliphatic hydroxyl groups excluding tert-OH is 1. The summed E-state index contributed by atoms with van der Waals surface area (Å²) in [5, 5.41) is 19.6. The third kappa shape index (κ3) is 3.65. The molecule has 2 N–H and O–H groups in total. The molecule has 1 amide bonds. The lowest BCUT2D eigenvalue weighted by Gasteiger charge is -2.17. The molecule has 0 unspecified atom stereocenters. The van der Waals surface area contributed by atoms with Crippen molar-refractivity contribution in [3.8, 4) is 6.07 Å². The SMILES string of the molecule is C[C@H](OC(=O)CN1CCSC1=O)/C(O)=C(\C#N)c1nc2ccccc2[nH]1. The Morgan fingerprint density at radius 1 is 1.54 bits per heavy atom. The first-order valence-electron chi connectivity index (χ1n) is 7.89. The van der Waals surface area contributed by atoms with Gasteiger partial charge in [-0.2, -0.15) is 5.26 Å². The van der Waals surface area contributed by atoms with Gasteiger partial charge in [0.15, 0.2) is 17.7 Å². The third-order valence-electron chi connectivity index (χ3n) is 3.85. The second kappa shape index (κ2) is 7.49. The summed E-state index contributed by atoms with van der Waals surface area (Å²) in [6.07, 6.45) is -1.05. The molecule has 0 radical (unpaired) electrons. The summed E-state index contributed by atoms with van der Waals surface area (Å²) in [7, 11) is 0. The molecule has 1 aliphatic rings. The number of rotatable bonds is 5. The maximum atomic E-state index is 12.0. The number of nitrogens with one attached hydrogen (secondary N) is 1. The van der Waals surface area contributed by atoms with Crippen LogP contribution in [0.2, 0.25) is 0 Å². The van der Waals surface area contributed by atoms with Gasteiger partial charge in [0, 0.05) is 12.3 Å². The Morgan fingerprint density at radius 2 is 2.31 bits per heavy atom. The number of nitriles is 1. The third-order valence-corrected chi connectivity index (χ3v) is 4.74. The number of hydrogen-bond donors (Lipinski definition) is 2. The van der Waals surface area contributed by atoms with Crippen molar-refractivity contribution < 1.29 is 19.4 Å². The van der Waals surface area contributed by atoms with Gasteiger partial charge in [0.25, 0.3) is 5.24 Å². The number of carbonyl (C=O) groups is 2. The summed E-state index contributed by atoms with van der Waals surface area (Å²) < 4.78 is 5.16. The van der Waals surface area contributed by atoms with Gasteiger partial charge in [0.1, 0.15) is 18.2 Å². The minimum Gasteiger partial charge on any atom is -0.507 e. The quantitative estimate of drug-likeness (QED) is 0.470. The molecule has 1 aliphatic heterocycles. The van der Waals surface area contributed by atoms with Gasteiger partial charge >= 0.3 is 5.97 Å². The molecular formula is C17H16N4O4S. The lowest BCUT2D eigenvalue weighted by molar-refractivity contribution is -0.148. The average Bonchev–Trinajstić information content (AvgIpc) is 3.21. The Morgan fingerprint density at radius 3 is 2.96 bits per heavy atom. The number of imidazole rings is 1. The van der Waals surface area contributed by atoms with Crippen LogP contribution in [0.1, 0.15) is 12.7 Å². The minimum atomic E-state index is -1.05. The zero-order chi connectivity index (χ0) is 18.7. The Balaban J connectivity index is 1.75. The van der Waals surface area contributed by atoms with E-state index in [0.717, 1.165) is 17.3 Å². The number of aromatic amines is 1. The Kier molecular flexibility index (Phi) is 5.14. The number of thioether (sulfide) groups is 1. The van der Waals surface area contributed by atoms with Crippen LogP contribution >= 0.6 is 11.8 Å². The number of hydrogen-bond acceptors (Lipinski definition) is 7. The molecule has 1 aromatic heterocycles. The summed E-state index contributed by atoms with van der Waals surface area (Å²) in [4.78, 5) is 32.1. The van der Waals surface area contributed by atoms with Crippen LogP contribution in [0.25, 0.3) is 16.6 Å². The topological polar surface area (TPSA) is 119 Å². The van der Waals surface area contributed by atoms with E-state index >= 15 is 0 Å². The molecule has 1 fully saturated rings. The molecular weight excluding hydrogens is 356 g/mol. The van der Waals surface area contributed by atoms with Crippen molar-refractivity contribution in [1.29, 1.82) is 5.26 Å². The number of allylic oxidation sites excluding steroid dienone is 1. The molecule has 0 aliphatic carbocycles. The van der Waals surface area contributed by atoms with Crippen LogP contribution in [0, 0.1) is 11.3 Å². The van der Waals surface area contributed by atoms with Crippen molar-refractivity contribution >= 4 is 39.6 Å². The molecule has 2 heterocycles. The van der Waals surface area contributed by atoms with E-state index in [1.807, 2.05) is 18.2 Å². The maximum absolute atomic E-state index is 12.0. The number of ether oxygens (including phenoxy) is 1. The Hall–Kier alpha value is -2.99. The molecule has 134 valence electrons. The smallest absolute Gasteiger partial charge is 0.326 e. The van der Waals surface area contributed by atoms with E-state index in [1.165, 1.54) is 11.8 Å². The number of carbonyl (C=O) groups excluding carboxylic acids is 2. The number of benzene rings is 1. The molecule has 8 nitrogen and oxygen atoms in total. The van der Waals surface area contributed by atoms with E-state index in [0.29, 0.717) is 17.8 Å². The van der Waals surface area contributed by atoms with Gasteiger partial charge in [-0.1, -0.05) is 23.9 Å². The van der Waals surface area contributed by atoms with Crippen molar-refractivity contribution in [2.75, 3.05) is 18.8 Å².